The summed E-state index contributed by atoms with van der Waals surface area (Å²) in [4.78, 5) is 12.2. The van der Waals surface area contributed by atoms with Crippen LogP contribution in [0, 0.1) is 0 Å². The Hall–Kier alpha value is -2.99. The van der Waals surface area contributed by atoms with E-state index >= 15 is 0 Å². The molecule has 0 unspecified atom stereocenters. The number of fused-ring (bicyclic) bond motifs is 4. The van der Waals surface area contributed by atoms with E-state index in [1.165, 1.54) is 12.8 Å². The van der Waals surface area contributed by atoms with E-state index in [9.17, 15) is 0 Å². The highest BCUT2D eigenvalue weighted by atomic mass is 15.3. The lowest BCUT2D eigenvalue weighted by Crippen LogP contribution is -2.51. The Morgan fingerprint density at radius 1 is 0.893 bits per heavy atom. The molecule has 6 rings (SSSR count). The predicted molar refractivity (Wildman–Crippen MR) is 111 cm³/mol. The van der Waals surface area contributed by atoms with Crippen molar-refractivity contribution in [2.45, 2.75) is 24.9 Å². The summed E-state index contributed by atoms with van der Waals surface area (Å²) in [6.45, 7) is 2.09. The molecule has 6 heteroatoms. The van der Waals surface area contributed by atoms with Crippen LogP contribution in [0.3, 0.4) is 0 Å². The second kappa shape index (κ2) is 6.01. The Morgan fingerprint density at radius 3 is 2.50 bits per heavy atom. The molecule has 0 radical (unpaired) electrons. The van der Waals surface area contributed by atoms with Gasteiger partial charge >= 0.3 is 0 Å². The van der Waals surface area contributed by atoms with Crippen LogP contribution in [0.5, 0.6) is 0 Å². The SMILES string of the molecule is Cn1cc2cc(-c3ccc4nc(N5C[C@H]6CC[C@@H](C5)N6)ccc4n3)ccc2n1. The van der Waals surface area contributed by atoms with Gasteiger partial charge in [0.1, 0.15) is 5.82 Å². The first-order valence-corrected chi connectivity index (χ1v) is 9.94. The van der Waals surface area contributed by atoms with Crippen molar-refractivity contribution < 1.29 is 0 Å². The summed E-state index contributed by atoms with van der Waals surface area (Å²) < 4.78 is 1.84. The lowest BCUT2D eigenvalue weighted by Gasteiger charge is -2.33. The summed E-state index contributed by atoms with van der Waals surface area (Å²) in [7, 11) is 1.95. The van der Waals surface area contributed by atoms with Crippen LogP contribution in [0.25, 0.3) is 33.2 Å². The summed E-state index contributed by atoms with van der Waals surface area (Å²) >= 11 is 0. The van der Waals surface area contributed by atoms with Crippen molar-refractivity contribution in [1.29, 1.82) is 0 Å². The van der Waals surface area contributed by atoms with Gasteiger partial charge in [0.2, 0.25) is 0 Å². The molecule has 1 N–H and O–H groups in total. The number of rotatable bonds is 2. The molecule has 140 valence electrons. The zero-order valence-electron chi connectivity index (χ0n) is 15.8. The lowest BCUT2D eigenvalue weighted by atomic mass is 10.1. The van der Waals surface area contributed by atoms with Gasteiger partial charge < -0.3 is 10.2 Å². The standard InChI is InChI=1S/C22H22N6/c1-27-11-15-10-14(2-5-19(15)26-27)18-6-7-21-20(24-18)8-9-22(25-21)28-12-16-3-4-17(13-28)23-16/h2,5-11,16-17,23H,3-4,12-13H2,1H3/t16-,17+. The summed E-state index contributed by atoms with van der Waals surface area (Å²) in [6.07, 6.45) is 4.59. The zero-order valence-corrected chi connectivity index (χ0v) is 15.8. The minimum Gasteiger partial charge on any atom is -0.353 e. The number of piperazine rings is 1. The van der Waals surface area contributed by atoms with Crippen LogP contribution in [0.1, 0.15) is 12.8 Å². The molecule has 2 aliphatic rings. The monoisotopic (exact) mass is 370 g/mol. The molecule has 0 amide bonds. The molecular weight excluding hydrogens is 348 g/mol. The summed E-state index contributed by atoms with van der Waals surface area (Å²) in [5, 5.41) is 9.25. The van der Waals surface area contributed by atoms with Crippen molar-refractivity contribution in [1.82, 2.24) is 25.1 Å². The molecule has 1 aromatic carbocycles. The van der Waals surface area contributed by atoms with E-state index in [0.717, 1.165) is 52.1 Å². The van der Waals surface area contributed by atoms with Gasteiger partial charge in [0.15, 0.2) is 0 Å². The molecule has 2 fully saturated rings. The van der Waals surface area contributed by atoms with E-state index in [1.54, 1.807) is 0 Å². The van der Waals surface area contributed by atoms with Crippen molar-refractivity contribution in [3.05, 3.63) is 48.7 Å². The zero-order chi connectivity index (χ0) is 18.7. The molecule has 3 aromatic heterocycles. The molecular formula is C22H22N6. The third-order valence-electron chi connectivity index (χ3n) is 5.98. The van der Waals surface area contributed by atoms with Crippen molar-refractivity contribution in [3.63, 3.8) is 0 Å². The van der Waals surface area contributed by atoms with Crippen LogP contribution < -0.4 is 10.2 Å². The fourth-order valence-corrected chi connectivity index (χ4v) is 4.63. The lowest BCUT2D eigenvalue weighted by molar-refractivity contribution is 0.464. The predicted octanol–water partition coefficient (Wildman–Crippen LogP) is 3.12. The second-order valence-corrected chi connectivity index (χ2v) is 8.02. The molecule has 2 aliphatic heterocycles. The smallest absolute Gasteiger partial charge is 0.129 e. The fraction of sp³-hybridized carbons (Fsp3) is 0.318. The highest BCUT2D eigenvalue weighted by Crippen LogP contribution is 2.27. The van der Waals surface area contributed by atoms with Gasteiger partial charge in [-0.1, -0.05) is 6.07 Å². The topological polar surface area (TPSA) is 58.9 Å². The normalized spacial score (nSPS) is 21.7. The van der Waals surface area contributed by atoms with Crippen molar-refractivity contribution in [2.75, 3.05) is 18.0 Å². The first-order valence-electron chi connectivity index (χ1n) is 9.94. The Labute approximate surface area is 163 Å². The maximum atomic E-state index is 4.91. The average Bonchev–Trinajstić information content (AvgIpc) is 3.26. The Morgan fingerprint density at radius 2 is 1.64 bits per heavy atom. The van der Waals surface area contributed by atoms with E-state index in [1.807, 2.05) is 17.9 Å². The number of aryl methyl sites for hydroxylation is 1. The molecule has 6 nitrogen and oxygen atoms in total. The summed E-state index contributed by atoms with van der Waals surface area (Å²) in [6, 6.07) is 15.9. The van der Waals surface area contributed by atoms with Gasteiger partial charge in [0.05, 0.1) is 22.2 Å². The highest BCUT2D eigenvalue weighted by molar-refractivity contribution is 5.85. The Kier molecular flexibility index (Phi) is 3.43. The van der Waals surface area contributed by atoms with E-state index < -0.39 is 0 Å². The van der Waals surface area contributed by atoms with E-state index in [2.05, 4.69) is 57.8 Å². The first-order chi connectivity index (χ1) is 13.7. The Bertz CT molecular complexity index is 1180. The van der Waals surface area contributed by atoms with Gasteiger partial charge in [0, 0.05) is 49.4 Å². The minimum absolute atomic E-state index is 0.610. The van der Waals surface area contributed by atoms with Crippen LogP contribution in [0.2, 0.25) is 0 Å². The summed E-state index contributed by atoms with van der Waals surface area (Å²) in [5.41, 5.74) is 4.96. The molecule has 0 spiro atoms. The number of pyridine rings is 2. The molecule has 5 heterocycles. The number of hydrogen-bond donors (Lipinski definition) is 1. The maximum Gasteiger partial charge on any atom is 0.129 e. The number of anilines is 1. The average molecular weight is 370 g/mol. The molecule has 2 saturated heterocycles. The van der Waals surface area contributed by atoms with Crippen LogP contribution >= 0.6 is 0 Å². The largest absolute Gasteiger partial charge is 0.353 e. The number of hydrogen-bond acceptors (Lipinski definition) is 5. The number of nitrogens with zero attached hydrogens (tertiary/aromatic N) is 5. The molecule has 4 aromatic rings. The van der Waals surface area contributed by atoms with Crippen molar-refractivity contribution in [2.24, 2.45) is 7.05 Å². The van der Waals surface area contributed by atoms with Gasteiger partial charge in [-0.3, -0.25) is 4.68 Å². The van der Waals surface area contributed by atoms with Gasteiger partial charge in [0.25, 0.3) is 0 Å². The van der Waals surface area contributed by atoms with E-state index in [4.69, 9.17) is 9.97 Å². The van der Waals surface area contributed by atoms with Gasteiger partial charge in [-0.2, -0.15) is 5.10 Å². The van der Waals surface area contributed by atoms with Crippen LogP contribution in [-0.2, 0) is 7.05 Å². The second-order valence-electron chi connectivity index (χ2n) is 8.02. The number of benzene rings is 1. The Balaban J connectivity index is 1.35. The van der Waals surface area contributed by atoms with E-state index in [0.29, 0.717) is 12.1 Å². The molecule has 0 saturated carbocycles. The third-order valence-corrected chi connectivity index (χ3v) is 5.98. The molecule has 2 atom stereocenters. The van der Waals surface area contributed by atoms with Crippen LogP contribution in [-0.4, -0.2) is 44.9 Å². The van der Waals surface area contributed by atoms with Crippen molar-refractivity contribution in [3.8, 4) is 11.3 Å². The highest BCUT2D eigenvalue weighted by Gasteiger charge is 2.32. The maximum absolute atomic E-state index is 4.91. The fourth-order valence-electron chi connectivity index (χ4n) is 4.63. The number of nitrogens with one attached hydrogen (secondary N) is 1. The van der Waals surface area contributed by atoms with Gasteiger partial charge in [-0.05, 0) is 49.2 Å². The van der Waals surface area contributed by atoms with Gasteiger partial charge in [-0.25, -0.2) is 9.97 Å². The van der Waals surface area contributed by atoms with Crippen LogP contribution in [0.4, 0.5) is 5.82 Å². The summed E-state index contributed by atoms with van der Waals surface area (Å²) in [5.74, 6) is 1.07. The minimum atomic E-state index is 0.610. The molecule has 2 bridgehead atoms. The quantitative estimate of drug-likeness (QED) is 0.587. The molecule has 0 aliphatic carbocycles. The number of aromatic nitrogens is 4. The first kappa shape index (κ1) is 16.0. The van der Waals surface area contributed by atoms with Crippen LogP contribution in [0.15, 0.2) is 48.7 Å². The molecule has 28 heavy (non-hydrogen) atoms. The third kappa shape index (κ3) is 2.64. The van der Waals surface area contributed by atoms with Crippen molar-refractivity contribution >= 4 is 27.8 Å². The van der Waals surface area contributed by atoms with E-state index in [-0.39, 0.29) is 0 Å². The van der Waals surface area contributed by atoms with Gasteiger partial charge in [-0.15, -0.1) is 0 Å².